The fourth-order valence-corrected chi connectivity index (χ4v) is 2.48. The van der Waals surface area contributed by atoms with Gasteiger partial charge in [-0.05, 0) is 31.2 Å². The lowest BCUT2D eigenvalue weighted by Gasteiger charge is -2.09. The quantitative estimate of drug-likeness (QED) is 0.755. The van der Waals surface area contributed by atoms with Gasteiger partial charge in [0.1, 0.15) is 5.69 Å². The molecule has 0 aliphatic carbocycles. The molecule has 0 saturated heterocycles. The van der Waals surface area contributed by atoms with E-state index in [1.807, 2.05) is 31.2 Å². The molecule has 0 fully saturated rings. The van der Waals surface area contributed by atoms with Crippen molar-refractivity contribution in [3.05, 3.63) is 47.8 Å². The first kappa shape index (κ1) is 11.9. The smallest absolute Gasteiger partial charge is 0.212 e. The number of ether oxygens (including phenoxy) is 1. The van der Waals surface area contributed by atoms with Crippen molar-refractivity contribution in [2.45, 2.75) is 13.2 Å². The largest absolute Gasteiger partial charge is 0.453 e. The average molecular weight is 279 g/mol. The SMILES string of the molecule is Cc1cc(-c2n[nH]c3ccc(C4NN=CO4)cc23)ccn1. The van der Waals surface area contributed by atoms with E-state index in [1.54, 1.807) is 6.20 Å². The van der Waals surface area contributed by atoms with Gasteiger partial charge in [0.25, 0.3) is 0 Å². The molecule has 1 unspecified atom stereocenters. The van der Waals surface area contributed by atoms with Gasteiger partial charge in [-0.2, -0.15) is 5.10 Å². The van der Waals surface area contributed by atoms with Crippen molar-refractivity contribution in [1.29, 1.82) is 0 Å². The molecule has 0 radical (unpaired) electrons. The molecule has 2 aromatic heterocycles. The topological polar surface area (TPSA) is 75.2 Å². The molecule has 3 heterocycles. The van der Waals surface area contributed by atoms with E-state index in [0.717, 1.165) is 33.4 Å². The summed E-state index contributed by atoms with van der Waals surface area (Å²) in [5.41, 5.74) is 7.82. The van der Waals surface area contributed by atoms with Crippen LogP contribution in [0.1, 0.15) is 17.5 Å². The second-order valence-corrected chi connectivity index (χ2v) is 4.94. The van der Waals surface area contributed by atoms with Crippen molar-refractivity contribution in [2.24, 2.45) is 5.10 Å². The van der Waals surface area contributed by atoms with Gasteiger partial charge in [-0.1, -0.05) is 6.07 Å². The number of aromatic nitrogens is 3. The normalized spacial score (nSPS) is 16.9. The molecule has 0 saturated carbocycles. The third-order valence-electron chi connectivity index (χ3n) is 3.50. The average Bonchev–Trinajstić information content (AvgIpc) is 3.16. The summed E-state index contributed by atoms with van der Waals surface area (Å²) in [6.07, 6.45) is 2.97. The zero-order chi connectivity index (χ0) is 14.2. The van der Waals surface area contributed by atoms with Crippen molar-refractivity contribution in [3.8, 4) is 11.3 Å². The van der Waals surface area contributed by atoms with Gasteiger partial charge in [0.2, 0.25) is 6.23 Å². The Labute approximate surface area is 120 Å². The second-order valence-electron chi connectivity index (χ2n) is 4.94. The highest BCUT2D eigenvalue weighted by Gasteiger charge is 2.17. The summed E-state index contributed by atoms with van der Waals surface area (Å²) in [6, 6.07) is 10.0. The molecule has 0 amide bonds. The zero-order valence-electron chi connectivity index (χ0n) is 11.4. The number of hydrogen-bond acceptors (Lipinski definition) is 5. The van der Waals surface area contributed by atoms with E-state index in [-0.39, 0.29) is 6.23 Å². The number of nitrogens with zero attached hydrogens (tertiary/aromatic N) is 3. The Balaban J connectivity index is 1.84. The Bertz CT molecular complexity index is 831. The van der Waals surface area contributed by atoms with E-state index in [4.69, 9.17) is 4.74 Å². The standard InChI is InChI=1S/C15H13N5O/c1-9-6-10(4-5-16-9)14-12-7-11(15-20-17-8-21-15)2-3-13(12)18-19-14/h2-8,15,20H,1H3,(H,18,19). The van der Waals surface area contributed by atoms with E-state index in [0.29, 0.717) is 0 Å². The van der Waals surface area contributed by atoms with E-state index in [2.05, 4.69) is 31.8 Å². The van der Waals surface area contributed by atoms with Gasteiger partial charge < -0.3 is 4.74 Å². The first-order chi connectivity index (χ1) is 10.3. The minimum atomic E-state index is -0.240. The van der Waals surface area contributed by atoms with Crippen molar-refractivity contribution in [1.82, 2.24) is 20.6 Å². The number of hydrogen-bond donors (Lipinski definition) is 2. The summed E-state index contributed by atoms with van der Waals surface area (Å²) >= 11 is 0. The monoisotopic (exact) mass is 279 g/mol. The molecule has 2 N–H and O–H groups in total. The van der Waals surface area contributed by atoms with Crippen LogP contribution < -0.4 is 5.43 Å². The predicted octanol–water partition coefficient (Wildman–Crippen LogP) is 2.50. The van der Waals surface area contributed by atoms with Crippen LogP contribution in [0.25, 0.3) is 22.2 Å². The number of pyridine rings is 1. The van der Waals surface area contributed by atoms with Crippen LogP contribution in [0.15, 0.2) is 41.6 Å². The minimum absolute atomic E-state index is 0.240. The molecule has 1 aliphatic heterocycles. The molecule has 1 aliphatic rings. The molecule has 3 aromatic rings. The van der Waals surface area contributed by atoms with Crippen LogP contribution in [0.5, 0.6) is 0 Å². The lowest BCUT2D eigenvalue weighted by atomic mass is 10.1. The lowest BCUT2D eigenvalue weighted by Crippen LogP contribution is -2.10. The summed E-state index contributed by atoms with van der Waals surface area (Å²) in [7, 11) is 0. The highest BCUT2D eigenvalue weighted by atomic mass is 16.5. The molecule has 6 nitrogen and oxygen atoms in total. The molecule has 6 heteroatoms. The first-order valence-corrected chi connectivity index (χ1v) is 6.65. The molecule has 1 atom stereocenters. The second kappa shape index (κ2) is 4.59. The van der Waals surface area contributed by atoms with Gasteiger partial charge in [-0.15, -0.1) is 5.10 Å². The Kier molecular flexibility index (Phi) is 2.60. The summed E-state index contributed by atoms with van der Waals surface area (Å²) in [5.74, 6) is 0. The van der Waals surface area contributed by atoms with Gasteiger partial charge in [-0.3, -0.25) is 15.5 Å². The van der Waals surface area contributed by atoms with Crippen LogP contribution in [0.4, 0.5) is 0 Å². The van der Waals surface area contributed by atoms with E-state index >= 15 is 0 Å². The summed E-state index contributed by atoms with van der Waals surface area (Å²) < 4.78 is 5.39. The van der Waals surface area contributed by atoms with Gasteiger partial charge in [-0.25, -0.2) is 0 Å². The van der Waals surface area contributed by atoms with Crippen LogP contribution in [0.3, 0.4) is 0 Å². The Morgan fingerprint density at radius 2 is 2.14 bits per heavy atom. The van der Waals surface area contributed by atoms with Gasteiger partial charge in [0, 0.05) is 28.4 Å². The lowest BCUT2D eigenvalue weighted by molar-refractivity contribution is 0.199. The van der Waals surface area contributed by atoms with Crippen molar-refractivity contribution in [3.63, 3.8) is 0 Å². The number of H-pyrrole nitrogens is 1. The predicted molar refractivity (Wildman–Crippen MR) is 79.5 cm³/mol. The number of fused-ring (bicyclic) bond motifs is 1. The van der Waals surface area contributed by atoms with Crippen molar-refractivity contribution < 1.29 is 4.74 Å². The number of nitrogens with one attached hydrogen (secondary N) is 2. The Morgan fingerprint density at radius 3 is 2.95 bits per heavy atom. The molecule has 104 valence electrons. The fraction of sp³-hybridized carbons (Fsp3) is 0.133. The molecule has 1 aromatic carbocycles. The van der Waals surface area contributed by atoms with Crippen LogP contribution in [-0.2, 0) is 4.74 Å². The van der Waals surface area contributed by atoms with Crippen LogP contribution >= 0.6 is 0 Å². The van der Waals surface area contributed by atoms with Gasteiger partial charge >= 0.3 is 0 Å². The molecule has 0 spiro atoms. The van der Waals surface area contributed by atoms with Gasteiger partial charge in [0.05, 0.1) is 5.52 Å². The molecular weight excluding hydrogens is 266 g/mol. The summed E-state index contributed by atoms with van der Waals surface area (Å²) in [6.45, 7) is 1.97. The summed E-state index contributed by atoms with van der Waals surface area (Å²) in [5, 5.41) is 12.4. The number of rotatable bonds is 2. The number of aromatic amines is 1. The zero-order valence-corrected chi connectivity index (χ0v) is 11.4. The third-order valence-corrected chi connectivity index (χ3v) is 3.50. The van der Waals surface area contributed by atoms with Crippen molar-refractivity contribution >= 4 is 17.3 Å². The molecular formula is C15H13N5O. The van der Waals surface area contributed by atoms with Crippen LogP contribution in [0, 0.1) is 6.92 Å². The highest BCUT2D eigenvalue weighted by Crippen LogP contribution is 2.29. The van der Waals surface area contributed by atoms with Crippen LogP contribution in [-0.4, -0.2) is 21.6 Å². The number of hydrazone groups is 1. The first-order valence-electron chi connectivity index (χ1n) is 6.65. The molecule has 21 heavy (non-hydrogen) atoms. The fourth-order valence-electron chi connectivity index (χ4n) is 2.48. The maximum absolute atomic E-state index is 5.39. The van der Waals surface area contributed by atoms with E-state index < -0.39 is 0 Å². The summed E-state index contributed by atoms with van der Waals surface area (Å²) in [4.78, 5) is 4.23. The molecule has 0 bridgehead atoms. The molecule has 4 rings (SSSR count). The minimum Gasteiger partial charge on any atom is -0.453 e. The highest BCUT2D eigenvalue weighted by molar-refractivity contribution is 5.93. The van der Waals surface area contributed by atoms with E-state index in [1.165, 1.54) is 6.40 Å². The number of benzene rings is 1. The van der Waals surface area contributed by atoms with Crippen LogP contribution in [0.2, 0.25) is 0 Å². The third kappa shape index (κ3) is 2.01. The number of aryl methyl sites for hydroxylation is 1. The Morgan fingerprint density at radius 1 is 1.19 bits per heavy atom. The van der Waals surface area contributed by atoms with Gasteiger partial charge in [0.15, 0.2) is 6.40 Å². The maximum Gasteiger partial charge on any atom is 0.212 e. The maximum atomic E-state index is 5.39. The van der Waals surface area contributed by atoms with Crippen molar-refractivity contribution in [2.75, 3.05) is 0 Å². The Hall–Kier alpha value is -2.89. The van der Waals surface area contributed by atoms with E-state index in [9.17, 15) is 0 Å².